The van der Waals surface area contributed by atoms with Crippen molar-refractivity contribution in [1.82, 2.24) is 4.90 Å². The molecule has 3 atom stereocenters. The fourth-order valence-corrected chi connectivity index (χ4v) is 3.38. The van der Waals surface area contributed by atoms with Gasteiger partial charge in [0.1, 0.15) is 30.9 Å². The summed E-state index contributed by atoms with van der Waals surface area (Å²) in [6.45, 7) is 12.5. The number of carbonyl (C=O) groups is 2. The lowest BCUT2D eigenvalue weighted by molar-refractivity contribution is -0.151. The van der Waals surface area contributed by atoms with Crippen LogP contribution in [0.2, 0.25) is 0 Å². The van der Waals surface area contributed by atoms with Crippen molar-refractivity contribution >= 4 is 35.1 Å². The van der Waals surface area contributed by atoms with E-state index >= 15 is 0 Å². The molecule has 1 amide bonds. The van der Waals surface area contributed by atoms with Crippen LogP contribution in [0.5, 0.6) is 0 Å². The zero-order valence-electron chi connectivity index (χ0n) is 16.7. The third-order valence-corrected chi connectivity index (χ3v) is 4.54. The topological polar surface area (TPSA) is 125 Å². The van der Waals surface area contributed by atoms with Gasteiger partial charge in [0.15, 0.2) is 0 Å². The van der Waals surface area contributed by atoms with Gasteiger partial charge in [0.25, 0.3) is 11.2 Å². The van der Waals surface area contributed by atoms with Crippen LogP contribution in [0, 0.1) is 0 Å². The van der Waals surface area contributed by atoms with E-state index in [2.05, 4.69) is 23.1 Å². The molecule has 2 aliphatic rings. The Morgan fingerprint density at radius 1 is 1.52 bits per heavy atom. The molecule has 0 aromatic heterocycles. The number of carbonyl (C=O) groups excluding carboxylic acids is 2. The van der Waals surface area contributed by atoms with Crippen molar-refractivity contribution in [3.05, 3.63) is 24.9 Å². The Morgan fingerprint density at radius 3 is 2.90 bits per heavy atom. The largest absolute Gasteiger partial charge is 0.463 e. The Labute approximate surface area is 173 Å². The number of amides is 1. The summed E-state index contributed by atoms with van der Waals surface area (Å²) in [6.07, 6.45) is -0.446. The van der Waals surface area contributed by atoms with E-state index in [1.165, 1.54) is 18.0 Å². The normalized spacial score (nSPS) is 28.1. The molecule has 0 saturated carbocycles. The molecule has 0 aliphatic carbocycles. The van der Waals surface area contributed by atoms with Gasteiger partial charge in [0.05, 0.1) is 6.10 Å². The highest BCUT2D eigenvalue weighted by Gasteiger charge is 2.43. The van der Waals surface area contributed by atoms with Crippen LogP contribution in [-0.2, 0) is 23.7 Å². The molecule has 29 heavy (non-hydrogen) atoms. The van der Waals surface area contributed by atoms with Crippen molar-refractivity contribution in [1.29, 1.82) is 0 Å². The van der Waals surface area contributed by atoms with Crippen molar-refractivity contribution in [2.45, 2.75) is 51.7 Å². The van der Waals surface area contributed by atoms with E-state index in [0.29, 0.717) is 5.75 Å². The van der Waals surface area contributed by atoms with Crippen LogP contribution in [0.25, 0.3) is 0 Å². The lowest BCUT2D eigenvalue weighted by atomic mass is 10.2. The summed E-state index contributed by atoms with van der Waals surface area (Å²) in [6, 6.07) is 0. The maximum absolute atomic E-state index is 12.7. The molecule has 2 heterocycles. The van der Waals surface area contributed by atoms with Gasteiger partial charge in [-0.25, -0.2) is 4.99 Å². The average Bonchev–Trinajstić information content (AvgIpc) is 2.99. The summed E-state index contributed by atoms with van der Waals surface area (Å²) < 4.78 is 22.2. The molecule has 0 aromatic carbocycles. The number of hydrogen-bond donors (Lipinski definition) is 1. The number of rotatable bonds is 7. The maximum Gasteiger partial charge on any atom is 0.303 e. The van der Waals surface area contributed by atoms with Gasteiger partial charge in [-0.15, -0.1) is 0 Å². The standard InChI is InChI=1S/C18H26N4O6S/c1-10(2)26-13(5)25-9-15-14(27-12(4)23)8-16(28-15)22-11(3)21-17(19)20-6-7-29-18(22)24/h6,10,14-16H,3,5,7-9H2,1-2,4H3,(H2,19,21)/b20-6-/t14-,15-,16-/m1/s1. The number of hydrogen-bond acceptors (Lipinski definition) is 10. The monoisotopic (exact) mass is 426 g/mol. The van der Waals surface area contributed by atoms with Crippen LogP contribution in [0.15, 0.2) is 34.9 Å². The molecule has 0 aromatic rings. The van der Waals surface area contributed by atoms with E-state index < -0.39 is 24.4 Å². The van der Waals surface area contributed by atoms with Gasteiger partial charge in [-0.2, -0.15) is 4.99 Å². The predicted octanol–water partition coefficient (Wildman–Crippen LogP) is 1.97. The molecule has 0 spiro atoms. The molecule has 0 bridgehead atoms. The van der Waals surface area contributed by atoms with Crippen LogP contribution in [-0.4, -0.2) is 65.2 Å². The van der Waals surface area contributed by atoms with Gasteiger partial charge in [0.2, 0.25) is 5.96 Å². The summed E-state index contributed by atoms with van der Waals surface area (Å²) in [4.78, 5) is 33.4. The Morgan fingerprint density at radius 2 is 2.24 bits per heavy atom. The predicted molar refractivity (Wildman–Crippen MR) is 109 cm³/mol. The van der Waals surface area contributed by atoms with E-state index in [1.807, 2.05) is 13.8 Å². The fourth-order valence-electron chi connectivity index (χ4n) is 2.73. The first-order chi connectivity index (χ1) is 13.7. The third-order valence-electron chi connectivity index (χ3n) is 3.78. The average molecular weight is 426 g/mol. The smallest absolute Gasteiger partial charge is 0.303 e. The number of esters is 1. The highest BCUT2D eigenvalue weighted by molar-refractivity contribution is 8.14. The van der Waals surface area contributed by atoms with E-state index in [1.54, 1.807) is 0 Å². The van der Waals surface area contributed by atoms with Crippen molar-refractivity contribution in [2.24, 2.45) is 15.7 Å². The molecule has 2 N–H and O–H groups in total. The van der Waals surface area contributed by atoms with Crippen molar-refractivity contribution in [3.63, 3.8) is 0 Å². The molecule has 10 nitrogen and oxygen atoms in total. The lowest BCUT2D eigenvalue weighted by Crippen LogP contribution is -2.37. The zero-order valence-corrected chi connectivity index (χ0v) is 17.5. The minimum Gasteiger partial charge on any atom is -0.463 e. The number of thioether (sulfide) groups is 1. The van der Waals surface area contributed by atoms with E-state index in [4.69, 9.17) is 24.7 Å². The summed E-state index contributed by atoms with van der Waals surface area (Å²) in [5.74, 6) is 0.0346. The van der Waals surface area contributed by atoms with E-state index in [0.717, 1.165) is 11.8 Å². The Hall–Kier alpha value is -2.53. The van der Waals surface area contributed by atoms with Crippen LogP contribution in [0.4, 0.5) is 4.79 Å². The first-order valence-corrected chi connectivity index (χ1v) is 9.98. The molecular formula is C18H26N4O6S. The highest BCUT2D eigenvalue weighted by Crippen LogP contribution is 2.31. The molecule has 160 valence electrons. The molecular weight excluding hydrogens is 400 g/mol. The molecule has 1 fully saturated rings. The number of ether oxygens (including phenoxy) is 4. The number of nitrogens with two attached hydrogens (primary N) is 1. The van der Waals surface area contributed by atoms with Crippen LogP contribution >= 0.6 is 11.8 Å². The van der Waals surface area contributed by atoms with Crippen LogP contribution < -0.4 is 5.73 Å². The van der Waals surface area contributed by atoms with Gasteiger partial charge in [-0.1, -0.05) is 18.3 Å². The third kappa shape index (κ3) is 6.79. The zero-order chi connectivity index (χ0) is 21.6. The summed E-state index contributed by atoms with van der Waals surface area (Å²) in [5, 5.41) is -0.333. The van der Waals surface area contributed by atoms with Crippen molar-refractivity contribution in [2.75, 3.05) is 12.4 Å². The van der Waals surface area contributed by atoms with Gasteiger partial charge in [-0.3, -0.25) is 14.5 Å². The first kappa shape index (κ1) is 22.8. The summed E-state index contributed by atoms with van der Waals surface area (Å²) in [7, 11) is 0. The summed E-state index contributed by atoms with van der Waals surface area (Å²) in [5.41, 5.74) is 5.70. The second kappa shape index (κ2) is 10.3. The number of nitrogens with zero attached hydrogens (tertiary/aromatic N) is 3. The second-order valence-corrected chi connectivity index (χ2v) is 7.48. The Bertz CT molecular complexity index is 723. The molecule has 2 aliphatic heterocycles. The quantitative estimate of drug-likeness (QED) is 0.484. The highest BCUT2D eigenvalue weighted by atomic mass is 32.2. The van der Waals surface area contributed by atoms with Crippen LogP contribution in [0.1, 0.15) is 27.2 Å². The molecule has 11 heteroatoms. The van der Waals surface area contributed by atoms with Gasteiger partial charge in [0, 0.05) is 25.3 Å². The Balaban J connectivity index is 2.14. The molecule has 2 rings (SSSR count). The van der Waals surface area contributed by atoms with E-state index in [-0.39, 0.29) is 42.1 Å². The SMILES string of the molecule is C=C(OC[C@H]1O[C@@H](N2C(=C)/N=C(N)\N=C/CSC2=O)C[C@H]1OC(C)=O)OC(C)C. The molecule has 0 unspecified atom stereocenters. The van der Waals surface area contributed by atoms with E-state index in [9.17, 15) is 9.59 Å². The lowest BCUT2D eigenvalue weighted by Gasteiger charge is -2.27. The summed E-state index contributed by atoms with van der Waals surface area (Å²) >= 11 is 1.00. The second-order valence-electron chi connectivity index (χ2n) is 6.51. The minimum absolute atomic E-state index is 0.0214. The number of aliphatic imine (C=N–C) groups is 2. The van der Waals surface area contributed by atoms with Crippen molar-refractivity contribution < 1.29 is 28.5 Å². The minimum atomic E-state index is -0.769. The maximum atomic E-state index is 12.7. The fraction of sp³-hybridized carbons (Fsp3) is 0.556. The van der Waals surface area contributed by atoms with Crippen LogP contribution in [0.3, 0.4) is 0 Å². The number of guanidine groups is 1. The van der Waals surface area contributed by atoms with Gasteiger partial charge >= 0.3 is 5.97 Å². The molecule has 1 saturated heterocycles. The van der Waals surface area contributed by atoms with Gasteiger partial charge in [-0.05, 0) is 20.4 Å². The van der Waals surface area contributed by atoms with Gasteiger partial charge < -0.3 is 24.7 Å². The molecule has 0 radical (unpaired) electrons. The Kier molecular flexibility index (Phi) is 8.09. The first-order valence-electron chi connectivity index (χ1n) is 9.00. The van der Waals surface area contributed by atoms with Crippen molar-refractivity contribution in [3.8, 4) is 0 Å².